The van der Waals surface area contributed by atoms with E-state index in [2.05, 4.69) is 10.3 Å². The Morgan fingerprint density at radius 1 is 1.11 bits per heavy atom. The predicted molar refractivity (Wildman–Crippen MR) is 126 cm³/mol. The van der Waals surface area contributed by atoms with Gasteiger partial charge in [-0.2, -0.15) is 13.2 Å². The van der Waals surface area contributed by atoms with Crippen LogP contribution in [0.1, 0.15) is 15.9 Å². The molecule has 0 spiro atoms. The second-order valence-electron chi connectivity index (χ2n) is 7.26. The number of imidazole rings is 1. The molecule has 1 amide bonds. The number of hydrogen-bond acceptors (Lipinski definition) is 5. The Bertz CT molecular complexity index is 1440. The summed E-state index contributed by atoms with van der Waals surface area (Å²) in [5, 5.41) is 13.2. The summed E-state index contributed by atoms with van der Waals surface area (Å²) in [7, 11) is 0. The van der Waals surface area contributed by atoms with Crippen molar-refractivity contribution >= 4 is 35.1 Å². The van der Waals surface area contributed by atoms with E-state index in [0.29, 0.717) is 5.56 Å². The molecule has 0 unspecified atom stereocenters. The molecule has 0 radical (unpaired) electrons. The molecule has 0 aliphatic carbocycles. The highest BCUT2D eigenvalue weighted by Crippen LogP contribution is 2.37. The zero-order valence-corrected chi connectivity index (χ0v) is 19.2. The summed E-state index contributed by atoms with van der Waals surface area (Å²) in [6.45, 7) is 0.0406. The van der Waals surface area contributed by atoms with Gasteiger partial charge in [0.1, 0.15) is 5.82 Å². The molecule has 35 heavy (non-hydrogen) atoms. The molecule has 180 valence electrons. The van der Waals surface area contributed by atoms with Crippen molar-refractivity contribution in [3.8, 4) is 11.6 Å². The van der Waals surface area contributed by atoms with E-state index in [-0.39, 0.29) is 51.2 Å². The van der Waals surface area contributed by atoms with Crippen LogP contribution in [-0.2, 0) is 6.54 Å². The van der Waals surface area contributed by atoms with Crippen LogP contribution in [-0.4, -0.2) is 30.6 Å². The number of aromatic nitrogens is 3. The minimum Gasteiger partial charge on any atom is -0.493 e. The molecular weight excluding hydrogens is 505 g/mol. The minimum atomic E-state index is -4.43. The molecule has 0 fully saturated rings. The molecule has 7 nitrogen and oxygen atoms in total. The van der Waals surface area contributed by atoms with E-state index < -0.39 is 17.1 Å². The number of carbonyl (C=O) groups excluding carboxylic acids is 1. The second-order valence-corrected chi connectivity index (χ2v) is 8.80. The third-order valence-corrected chi connectivity index (χ3v) is 5.87. The van der Waals surface area contributed by atoms with Crippen molar-refractivity contribution in [3.05, 3.63) is 99.7 Å². The molecule has 12 heteroatoms. The summed E-state index contributed by atoms with van der Waals surface area (Å²) < 4.78 is 39.8. The lowest BCUT2D eigenvalue weighted by Crippen LogP contribution is -2.23. The maximum Gasteiger partial charge on any atom is 0.446 e. The fraction of sp³-hybridized carbons (Fsp3) is 0.0870. The van der Waals surface area contributed by atoms with E-state index in [0.717, 1.165) is 4.57 Å². The van der Waals surface area contributed by atoms with Crippen molar-refractivity contribution in [2.45, 2.75) is 16.9 Å². The van der Waals surface area contributed by atoms with Gasteiger partial charge in [-0.1, -0.05) is 23.7 Å². The fourth-order valence-electron chi connectivity index (χ4n) is 3.30. The van der Waals surface area contributed by atoms with Gasteiger partial charge in [-0.3, -0.25) is 9.36 Å². The molecule has 2 aromatic heterocycles. The van der Waals surface area contributed by atoms with Gasteiger partial charge in [0.2, 0.25) is 5.88 Å². The Morgan fingerprint density at radius 2 is 1.83 bits per heavy atom. The number of nitrogens with zero attached hydrogens (tertiary/aromatic N) is 3. The standard InChI is InChI=1S/C23H16ClF3N4O3S/c24-18-4-2-1-3-17(18)21(33)29-19-11-14(9-10-28-19)12-30-13-20(32)31(22(30)34)15-5-7-16(8-6-15)35-23(25,26)27/h1-11,13,32H,12H2,(H,28,29,33). The number of hydrogen-bond donors (Lipinski definition) is 2. The average Bonchev–Trinajstić information content (AvgIpc) is 3.06. The lowest BCUT2D eigenvalue weighted by Gasteiger charge is -2.08. The maximum absolute atomic E-state index is 12.9. The van der Waals surface area contributed by atoms with Crippen LogP contribution in [0.2, 0.25) is 5.02 Å². The lowest BCUT2D eigenvalue weighted by atomic mass is 10.2. The Labute approximate surface area is 205 Å². The Kier molecular flexibility index (Phi) is 6.90. The highest BCUT2D eigenvalue weighted by Gasteiger charge is 2.29. The van der Waals surface area contributed by atoms with Crippen LogP contribution in [0.4, 0.5) is 19.0 Å². The normalized spacial score (nSPS) is 11.4. The molecule has 0 aliphatic heterocycles. The number of alkyl halides is 3. The number of nitrogens with one attached hydrogen (secondary N) is 1. The first-order valence-corrected chi connectivity index (χ1v) is 11.2. The zero-order valence-electron chi connectivity index (χ0n) is 17.7. The highest BCUT2D eigenvalue weighted by molar-refractivity contribution is 8.00. The first-order chi connectivity index (χ1) is 16.6. The van der Waals surface area contributed by atoms with Gasteiger partial charge in [0.25, 0.3) is 5.91 Å². The molecule has 2 N–H and O–H groups in total. The largest absolute Gasteiger partial charge is 0.493 e. The number of pyridine rings is 1. The van der Waals surface area contributed by atoms with E-state index in [1.165, 1.54) is 41.2 Å². The van der Waals surface area contributed by atoms with Crippen LogP contribution >= 0.6 is 23.4 Å². The number of halogens is 4. The number of anilines is 1. The maximum atomic E-state index is 12.9. The van der Waals surface area contributed by atoms with Crippen LogP contribution in [0.5, 0.6) is 5.88 Å². The van der Waals surface area contributed by atoms with Gasteiger partial charge >= 0.3 is 11.2 Å². The zero-order chi connectivity index (χ0) is 25.2. The molecule has 2 heterocycles. The van der Waals surface area contributed by atoms with Crippen LogP contribution < -0.4 is 11.0 Å². The van der Waals surface area contributed by atoms with Crippen LogP contribution in [0.25, 0.3) is 5.69 Å². The summed E-state index contributed by atoms with van der Waals surface area (Å²) in [5.41, 5.74) is -3.94. The summed E-state index contributed by atoms with van der Waals surface area (Å²) in [6.07, 6.45) is 2.67. The first kappa shape index (κ1) is 24.4. The first-order valence-electron chi connectivity index (χ1n) is 9.99. The fourth-order valence-corrected chi connectivity index (χ4v) is 4.06. The number of benzene rings is 2. The van der Waals surface area contributed by atoms with Crippen molar-refractivity contribution in [1.29, 1.82) is 0 Å². The SMILES string of the molecule is O=C(Nc1cc(Cn2cc(O)n(-c3ccc(SC(F)(F)F)cc3)c2=O)ccn1)c1ccccc1Cl. The van der Waals surface area contributed by atoms with Crippen molar-refractivity contribution in [2.24, 2.45) is 0 Å². The van der Waals surface area contributed by atoms with Crippen molar-refractivity contribution in [3.63, 3.8) is 0 Å². The van der Waals surface area contributed by atoms with E-state index >= 15 is 0 Å². The Balaban J connectivity index is 1.53. The van der Waals surface area contributed by atoms with Crippen LogP contribution in [0, 0.1) is 0 Å². The number of thioether (sulfide) groups is 1. The average molecular weight is 521 g/mol. The third-order valence-electron chi connectivity index (χ3n) is 4.80. The summed E-state index contributed by atoms with van der Waals surface area (Å²) in [4.78, 5) is 29.4. The molecule has 4 aromatic rings. The smallest absolute Gasteiger partial charge is 0.446 e. The number of amides is 1. The second kappa shape index (κ2) is 9.88. The summed E-state index contributed by atoms with van der Waals surface area (Å²) >= 11 is 5.78. The van der Waals surface area contributed by atoms with Gasteiger partial charge < -0.3 is 10.4 Å². The quantitative estimate of drug-likeness (QED) is 0.337. The topological polar surface area (TPSA) is 89.2 Å². The molecule has 0 aliphatic rings. The molecule has 4 rings (SSSR count). The minimum absolute atomic E-state index is 0.0406. The van der Waals surface area contributed by atoms with Crippen LogP contribution in [0.15, 0.2) is 82.7 Å². The lowest BCUT2D eigenvalue weighted by molar-refractivity contribution is -0.0328. The van der Waals surface area contributed by atoms with E-state index in [9.17, 15) is 27.9 Å². The molecular formula is C23H16ClF3N4O3S. The Morgan fingerprint density at radius 3 is 2.51 bits per heavy atom. The van der Waals surface area contributed by atoms with Gasteiger partial charge in [0.05, 0.1) is 29.0 Å². The highest BCUT2D eigenvalue weighted by atomic mass is 35.5. The van der Waals surface area contributed by atoms with Crippen LogP contribution in [0.3, 0.4) is 0 Å². The Hall–Kier alpha value is -3.70. The molecule has 2 aromatic carbocycles. The summed E-state index contributed by atoms with van der Waals surface area (Å²) in [5.74, 6) is -0.595. The van der Waals surface area contributed by atoms with Gasteiger partial charge in [-0.15, -0.1) is 0 Å². The van der Waals surface area contributed by atoms with Crippen molar-refractivity contribution < 1.29 is 23.1 Å². The van der Waals surface area contributed by atoms with E-state index in [4.69, 9.17) is 11.6 Å². The number of aromatic hydroxyl groups is 1. The van der Waals surface area contributed by atoms with Gasteiger partial charge in [-0.05, 0) is 65.9 Å². The predicted octanol–water partition coefficient (Wildman–Crippen LogP) is 5.31. The molecule has 0 saturated carbocycles. The van der Waals surface area contributed by atoms with Gasteiger partial charge in [-0.25, -0.2) is 14.3 Å². The number of rotatable bonds is 6. The molecule has 0 atom stereocenters. The van der Waals surface area contributed by atoms with Crippen molar-refractivity contribution in [2.75, 3.05) is 5.32 Å². The van der Waals surface area contributed by atoms with E-state index in [1.54, 1.807) is 36.4 Å². The molecule has 0 saturated heterocycles. The van der Waals surface area contributed by atoms with Gasteiger partial charge in [0, 0.05) is 11.1 Å². The third kappa shape index (κ3) is 5.87. The van der Waals surface area contributed by atoms with Gasteiger partial charge in [0.15, 0.2) is 0 Å². The van der Waals surface area contributed by atoms with Crippen molar-refractivity contribution in [1.82, 2.24) is 14.1 Å². The summed E-state index contributed by atoms with van der Waals surface area (Å²) in [6, 6.07) is 14.8. The number of carbonyl (C=O) groups is 1. The molecule has 0 bridgehead atoms. The monoisotopic (exact) mass is 520 g/mol. The van der Waals surface area contributed by atoms with E-state index in [1.807, 2.05) is 0 Å².